The van der Waals surface area contributed by atoms with Gasteiger partial charge in [-0.3, -0.25) is 19.6 Å². The predicted molar refractivity (Wildman–Crippen MR) is 164 cm³/mol. The molecule has 1 aromatic carbocycles. The summed E-state index contributed by atoms with van der Waals surface area (Å²) in [6, 6.07) is 7.85. The Morgan fingerprint density at radius 2 is 1.88 bits per heavy atom. The Hall–Kier alpha value is -3.51. The number of ether oxygens (including phenoxy) is 1. The van der Waals surface area contributed by atoms with E-state index < -0.39 is 30.0 Å². The van der Waals surface area contributed by atoms with Crippen LogP contribution in [0.1, 0.15) is 83.1 Å². The molecule has 1 aliphatic rings. The summed E-state index contributed by atoms with van der Waals surface area (Å²) in [5.41, 5.74) is 0.892. The van der Waals surface area contributed by atoms with E-state index in [4.69, 9.17) is 4.74 Å². The molecule has 1 heterocycles. The zero-order chi connectivity index (χ0) is 30.9. The number of carbonyl (C=O) groups is 4. The molecule has 1 fully saturated rings. The highest BCUT2D eigenvalue weighted by atomic mass is 32.1. The molecule has 43 heavy (non-hydrogen) atoms. The molecule has 4 amide bonds. The van der Waals surface area contributed by atoms with Gasteiger partial charge in [0.15, 0.2) is 5.13 Å². The molecule has 0 radical (unpaired) electrons. The maximum absolute atomic E-state index is 13.8. The van der Waals surface area contributed by atoms with Gasteiger partial charge in [0.2, 0.25) is 18.2 Å². The topological polar surface area (TPSA) is 150 Å². The van der Waals surface area contributed by atoms with Gasteiger partial charge in [-0.25, -0.2) is 14.8 Å². The molecule has 11 nitrogen and oxygen atoms in total. The Morgan fingerprint density at radius 3 is 2.56 bits per heavy atom. The zero-order valence-corrected chi connectivity index (χ0v) is 25.7. The minimum absolute atomic E-state index is 0.175. The molecule has 2 aromatic rings. The first-order chi connectivity index (χ1) is 20.9. The third-order valence-electron chi connectivity index (χ3n) is 7.84. The Bertz CT molecular complexity index is 1110. The van der Waals surface area contributed by atoms with Gasteiger partial charge < -0.3 is 20.7 Å². The largest absolute Gasteiger partial charge is 0.445 e. The van der Waals surface area contributed by atoms with Crippen LogP contribution in [0, 0.1) is 11.8 Å². The Morgan fingerprint density at radius 1 is 1.12 bits per heavy atom. The molecule has 0 bridgehead atoms. The fourth-order valence-corrected chi connectivity index (χ4v) is 6.11. The lowest BCUT2D eigenvalue weighted by Crippen LogP contribution is -2.51. The summed E-state index contributed by atoms with van der Waals surface area (Å²) < 4.78 is 5.24. The normalized spacial score (nSPS) is 15.5. The second kappa shape index (κ2) is 18.9. The van der Waals surface area contributed by atoms with Crippen LogP contribution in [-0.4, -0.2) is 58.2 Å². The molecule has 0 aliphatic heterocycles. The molecule has 3 rings (SSSR count). The lowest BCUT2D eigenvalue weighted by Gasteiger charge is -2.34. The van der Waals surface area contributed by atoms with Crippen molar-refractivity contribution in [3.05, 3.63) is 47.5 Å². The molecule has 0 saturated heterocycles. The van der Waals surface area contributed by atoms with Gasteiger partial charge in [0.05, 0.1) is 12.0 Å². The Kier molecular flexibility index (Phi) is 14.9. The summed E-state index contributed by atoms with van der Waals surface area (Å²) in [7, 11) is 0. The lowest BCUT2D eigenvalue weighted by atomic mass is 9.79. The molecular weight excluding hydrogens is 570 g/mol. The highest BCUT2D eigenvalue weighted by molar-refractivity contribution is 7.13. The van der Waals surface area contributed by atoms with Crippen LogP contribution in [-0.2, 0) is 25.7 Å². The molecule has 4 N–H and O–H groups in total. The minimum atomic E-state index is -0.860. The van der Waals surface area contributed by atoms with Crippen LogP contribution >= 0.6 is 11.3 Å². The first kappa shape index (κ1) is 34.0. The highest BCUT2D eigenvalue weighted by Crippen LogP contribution is 2.32. The van der Waals surface area contributed by atoms with Crippen LogP contribution in [0.2, 0.25) is 0 Å². The van der Waals surface area contributed by atoms with Crippen molar-refractivity contribution in [3.8, 4) is 0 Å². The summed E-state index contributed by atoms with van der Waals surface area (Å²) in [6.45, 7) is 2.47. The third kappa shape index (κ3) is 11.9. The van der Waals surface area contributed by atoms with Crippen LogP contribution < -0.4 is 16.0 Å². The number of nitrogens with one attached hydrogen (secondary N) is 3. The van der Waals surface area contributed by atoms with Gasteiger partial charge in [0, 0.05) is 18.1 Å². The van der Waals surface area contributed by atoms with Gasteiger partial charge in [-0.05, 0) is 43.6 Å². The van der Waals surface area contributed by atoms with Gasteiger partial charge in [0.25, 0.3) is 0 Å². The number of alkyl carbamates (subject to hydrolysis) is 1. The highest BCUT2D eigenvalue weighted by Gasteiger charge is 2.36. The molecule has 1 aromatic heterocycles. The van der Waals surface area contributed by atoms with Crippen molar-refractivity contribution in [2.24, 2.45) is 11.8 Å². The van der Waals surface area contributed by atoms with E-state index in [9.17, 15) is 24.4 Å². The fourth-order valence-electron chi connectivity index (χ4n) is 5.58. The van der Waals surface area contributed by atoms with Crippen LogP contribution in [0.4, 0.5) is 9.93 Å². The van der Waals surface area contributed by atoms with Gasteiger partial charge in [-0.15, -0.1) is 11.3 Å². The first-order valence-corrected chi connectivity index (χ1v) is 16.2. The number of thiazole rings is 1. The zero-order valence-electron chi connectivity index (χ0n) is 24.9. The molecule has 3 atom stereocenters. The third-order valence-corrected chi connectivity index (χ3v) is 8.53. The van der Waals surface area contributed by atoms with Crippen molar-refractivity contribution in [1.29, 1.82) is 0 Å². The maximum Gasteiger partial charge on any atom is 0.407 e. The molecule has 236 valence electrons. The fraction of sp³-hybridized carbons (Fsp3) is 0.581. The van der Waals surface area contributed by atoms with Crippen molar-refractivity contribution in [1.82, 2.24) is 20.7 Å². The van der Waals surface area contributed by atoms with E-state index in [1.54, 1.807) is 11.6 Å². The number of unbranched alkanes of at least 4 members (excludes halogenated alkanes) is 1. The van der Waals surface area contributed by atoms with E-state index in [-0.39, 0.29) is 12.5 Å². The number of hydrogen-bond acceptors (Lipinski definition) is 8. The van der Waals surface area contributed by atoms with Crippen molar-refractivity contribution in [2.75, 3.05) is 11.9 Å². The first-order valence-electron chi connectivity index (χ1n) is 15.3. The van der Waals surface area contributed by atoms with Crippen molar-refractivity contribution in [2.45, 2.75) is 96.2 Å². The van der Waals surface area contributed by atoms with E-state index >= 15 is 0 Å². The monoisotopic (exact) mass is 615 g/mol. The lowest BCUT2D eigenvalue weighted by molar-refractivity contribution is -0.170. The average molecular weight is 616 g/mol. The summed E-state index contributed by atoms with van der Waals surface area (Å²) in [5, 5.41) is 21.6. The number of hydrogen-bond donors (Lipinski definition) is 4. The van der Waals surface area contributed by atoms with Crippen LogP contribution in [0.5, 0.6) is 0 Å². The maximum atomic E-state index is 13.8. The van der Waals surface area contributed by atoms with E-state index in [1.165, 1.54) is 17.8 Å². The van der Waals surface area contributed by atoms with E-state index in [1.807, 2.05) is 37.3 Å². The number of carbonyl (C=O) groups excluding carboxylic acids is 4. The minimum Gasteiger partial charge on any atom is -0.445 e. The number of hydroxylamine groups is 2. The van der Waals surface area contributed by atoms with Crippen LogP contribution in [0.25, 0.3) is 0 Å². The van der Waals surface area contributed by atoms with Gasteiger partial charge in [-0.2, -0.15) is 0 Å². The van der Waals surface area contributed by atoms with Gasteiger partial charge >= 0.3 is 6.09 Å². The second-order valence-corrected chi connectivity index (χ2v) is 12.0. The van der Waals surface area contributed by atoms with Crippen molar-refractivity contribution in [3.63, 3.8) is 0 Å². The van der Waals surface area contributed by atoms with E-state index in [0.717, 1.165) is 31.2 Å². The molecular formula is C31H45N5O6S. The molecule has 1 aliphatic carbocycles. The Labute approximate surface area is 257 Å². The van der Waals surface area contributed by atoms with Crippen LogP contribution in [0.15, 0.2) is 41.9 Å². The SMILES string of the molecule is CCC[C@@H]([C@@H](CC1CCCCC1)C(=O)NC(CCCCNC(=O)OCc1ccccc1)C(=O)Nc1nccs1)N(O)C=O. The molecule has 1 saturated carbocycles. The second-order valence-electron chi connectivity index (χ2n) is 11.1. The summed E-state index contributed by atoms with van der Waals surface area (Å²) in [5.74, 6) is -1.08. The van der Waals surface area contributed by atoms with Gasteiger partial charge in [0.1, 0.15) is 12.6 Å². The van der Waals surface area contributed by atoms with E-state index in [2.05, 4.69) is 20.9 Å². The number of rotatable bonds is 18. The van der Waals surface area contributed by atoms with Gasteiger partial charge in [-0.1, -0.05) is 75.8 Å². The van der Waals surface area contributed by atoms with Crippen molar-refractivity contribution < 1.29 is 29.1 Å². The summed E-state index contributed by atoms with van der Waals surface area (Å²) >= 11 is 1.28. The number of aromatic nitrogens is 1. The van der Waals surface area contributed by atoms with Crippen molar-refractivity contribution >= 4 is 40.8 Å². The number of benzene rings is 1. The predicted octanol–water partition coefficient (Wildman–Crippen LogP) is 5.27. The number of amides is 4. The van der Waals surface area contributed by atoms with Crippen LogP contribution in [0.3, 0.4) is 0 Å². The number of nitrogens with zero attached hydrogens (tertiary/aromatic N) is 2. The standard InChI is InChI=1S/C31H45N5O6S/c1-2-11-27(36(41)22-37)25(20-23-12-5-3-6-13-23)28(38)34-26(29(39)35-30-32-18-19-43-30)16-9-10-17-33-31(40)42-21-24-14-7-4-8-15-24/h4,7-8,14-15,18-19,22-23,25-27,41H,2-3,5-6,9-13,16-17,20-21H2,1H3,(H,33,40)(H,34,38)(H,32,35,39)/t25-,26?,27+/m1/s1. The quantitative estimate of drug-likeness (QED) is 0.0773. The average Bonchev–Trinajstić information content (AvgIpc) is 3.54. The van der Waals surface area contributed by atoms with E-state index in [0.29, 0.717) is 67.6 Å². The summed E-state index contributed by atoms with van der Waals surface area (Å²) in [4.78, 5) is 54.8. The molecule has 12 heteroatoms. The smallest absolute Gasteiger partial charge is 0.407 e. The Balaban J connectivity index is 1.61. The summed E-state index contributed by atoms with van der Waals surface area (Å²) in [6.07, 6.45) is 9.91. The molecule has 0 spiro atoms. The molecule has 1 unspecified atom stereocenters. The number of anilines is 1.